The van der Waals surface area contributed by atoms with Gasteiger partial charge < -0.3 is 9.80 Å². The molecular formula is C24H28N2O2. The smallest absolute Gasteiger partial charge is 0.253 e. The number of piperidine rings is 1. The van der Waals surface area contributed by atoms with E-state index in [0.717, 1.165) is 24.8 Å². The Hall–Kier alpha value is -2.62. The summed E-state index contributed by atoms with van der Waals surface area (Å²) in [6.07, 6.45) is 2.22. The molecule has 0 unspecified atom stereocenters. The molecule has 1 fully saturated rings. The third-order valence-corrected chi connectivity index (χ3v) is 6.35. The van der Waals surface area contributed by atoms with Gasteiger partial charge in [-0.25, -0.2) is 0 Å². The lowest BCUT2D eigenvalue weighted by molar-refractivity contribution is -0.146. The summed E-state index contributed by atoms with van der Waals surface area (Å²) in [6, 6.07) is 18.0. The largest absolute Gasteiger partial charge is 0.339 e. The number of likely N-dealkylation sites (tertiary alicyclic amines) is 1. The van der Waals surface area contributed by atoms with Gasteiger partial charge in [0.15, 0.2) is 0 Å². The molecule has 2 amide bonds. The van der Waals surface area contributed by atoms with Crippen molar-refractivity contribution in [1.82, 2.24) is 9.80 Å². The predicted molar refractivity (Wildman–Crippen MR) is 110 cm³/mol. The van der Waals surface area contributed by atoms with Crippen molar-refractivity contribution >= 4 is 11.8 Å². The predicted octanol–water partition coefficient (Wildman–Crippen LogP) is 3.90. The summed E-state index contributed by atoms with van der Waals surface area (Å²) in [5, 5.41) is 0. The zero-order valence-electron chi connectivity index (χ0n) is 16.7. The fourth-order valence-electron chi connectivity index (χ4n) is 4.59. The minimum Gasteiger partial charge on any atom is -0.339 e. The summed E-state index contributed by atoms with van der Waals surface area (Å²) in [7, 11) is 0. The van der Waals surface area contributed by atoms with Crippen molar-refractivity contribution < 1.29 is 9.59 Å². The van der Waals surface area contributed by atoms with E-state index in [0.29, 0.717) is 19.6 Å². The second kappa shape index (κ2) is 7.42. The minimum atomic E-state index is -0.398. The lowest BCUT2D eigenvalue weighted by Gasteiger charge is -2.43. The van der Waals surface area contributed by atoms with Crippen LogP contribution in [-0.4, -0.2) is 40.7 Å². The number of fused-ring (bicyclic) bond motifs is 1. The molecule has 0 N–H and O–H groups in total. The molecule has 0 radical (unpaired) electrons. The maximum absolute atomic E-state index is 13.6. The van der Waals surface area contributed by atoms with Crippen LogP contribution in [0.2, 0.25) is 0 Å². The van der Waals surface area contributed by atoms with E-state index < -0.39 is 5.41 Å². The van der Waals surface area contributed by atoms with E-state index in [1.54, 1.807) is 0 Å². The van der Waals surface area contributed by atoms with E-state index in [2.05, 4.69) is 38.1 Å². The van der Waals surface area contributed by atoms with Gasteiger partial charge >= 0.3 is 0 Å². The topological polar surface area (TPSA) is 40.6 Å². The molecule has 4 nitrogen and oxygen atoms in total. The van der Waals surface area contributed by atoms with Gasteiger partial charge in [-0.05, 0) is 56.4 Å². The first-order valence-electron chi connectivity index (χ1n) is 10.2. The lowest BCUT2D eigenvalue weighted by Crippen LogP contribution is -2.52. The van der Waals surface area contributed by atoms with E-state index in [9.17, 15) is 9.59 Å². The standard InChI is InChI=1S/C24H28N2O2/c1-18(2)26-17-21-11-7-6-10-20(21)16-24(23(26)28)12-14-25(15-13-24)22(27)19-8-4-3-5-9-19/h3-11,18H,12-17H2,1-2H3. The highest BCUT2D eigenvalue weighted by Crippen LogP contribution is 2.41. The van der Waals surface area contributed by atoms with Gasteiger partial charge in [0.25, 0.3) is 5.91 Å². The van der Waals surface area contributed by atoms with Crippen molar-refractivity contribution in [2.45, 2.75) is 45.7 Å². The molecule has 2 aromatic rings. The third-order valence-electron chi connectivity index (χ3n) is 6.35. The van der Waals surface area contributed by atoms with Gasteiger partial charge in [-0.2, -0.15) is 0 Å². The fraction of sp³-hybridized carbons (Fsp3) is 0.417. The van der Waals surface area contributed by atoms with E-state index in [4.69, 9.17) is 0 Å². The lowest BCUT2D eigenvalue weighted by atomic mass is 9.72. The molecule has 0 bridgehead atoms. The van der Waals surface area contributed by atoms with Gasteiger partial charge in [0.05, 0.1) is 5.41 Å². The SMILES string of the molecule is CC(C)N1Cc2ccccc2CC2(CCN(C(=O)c3ccccc3)CC2)C1=O. The maximum Gasteiger partial charge on any atom is 0.253 e. The molecule has 0 aromatic heterocycles. The van der Waals surface area contributed by atoms with Crippen molar-refractivity contribution in [3.05, 3.63) is 71.3 Å². The summed E-state index contributed by atoms with van der Waals surface area (Å²) in [6.45, 7) is 6.13. The van der Waals surface area contributed by atoms with Crippen molar-refractivity contribution in [3.8, 4) is 0 Å². The Labute approximate surface area is 167 Å². The third kappa shape index (κ3) is 3.32. The highest BCUT2D eigenvalue weighted by molar-refractivity contribution is 5.94. The number of hydrogen-bond acceptors (Lipinski definition) is 2. The summed E-state index contributed by atoms with van der Waals surface area (Å²) in [5.74, 6) is 0.322. The second-order valence-corrected chi connectivity index (χ2v) is 8.41. The fourth-order valence-corrected chi connectivity index (χ4v) is 4.59. The van der Waals surface area contributed by atoms with Gasteiger partial charge in [0, 0.05) is 31.2 Å². The highest BCUT2D eigenvalue weighted by atomic mass is 16.2. The molecule has 0 atom stereocenters. The van der Waals surface area contributed by atoms with Crippen molar-refractivity contribution in [2.75, 3.05) is 13.1 Å². The second-order valence-electron chi connectivity index (χ2n) is 8.41. The van der Waals surface area contributed by atoms with Gasteiger partial charge in [0.2, 0.25) is 5.91 Å². The van der Waals surface area contributed by atoms with Crippen LogP contribution in [0.4, 0.5) is 0 Å². The molecule has 146 valence electrons. The van der Waals surface area contributed by atoms with Crippen molar-refractivity contribution in [3.63, 3.8) is 0 Å². The number of rotatable bonds is 2. The first kappa shape index (κ1) is 18.7. The highest BCUT2D eigenvalue weighted by Gasteiger charge is 2.46. The van der Waals surface area contributed by atoms with Gasteiger partial charge in [-0.3, -0.25) is 9.59 Å². The monoisotopic (exact) mass is 376 g/mol. The summed E-state index contributed by atoms with van der Waals surface area (Å²) in [4.78, 5) is 30.4. The molecule has 2 aliphatic rings. The Kier molecular flexibility index (Phi) is 4.96. The zero-order chi connectivity index (χ0) is 19.7. The van der Waals surface area contributed by atoms with Crippen LogP contribution in [0, 0.1) is 5.41 Å². The van der Waals surface area contributed by atoms with Crippen molar-refractivity contribution in [2.24, 2.45) is 5.41 Å². The summed E-state index contributed by atoms with van der Waals surface area (Å²) >= 11 is 0. The molecule has 28 heavy (non-hydrogen) atoms. The average molecular weight is 377 g/mol. The van der Waals surface area contributed by atoms with Crippen LogP contribution in [0.15, 0.2) is 54.6 Å². The molecule has 2 aliphatic heterocycles. The van der Waals surface area contributed by atoms with E-state index in [1.807, 2.05) is 40.1 Å². The first-order valence-corrected chi connectivity index (χ1v) is 10.2. The van der Waals surface area contributed by atoms with Crippen LogP contribution in [0.1, 0.15) is 48.2 Å². The number of benzene rings is 2. The van der Waals surface area contributed by atoms with Crippen LogP contribution >= 0.6 is 0 Å². The normalized spacial score (nSPS) is 18.9. The van der Waals surface area contributed by atoms with Crippen LogP contribution in [0.3, 0.4) is 0 Å². The maximum atomic E-state index is 13.6. The van der Waals surface area contributed by atoms with Gasteiger partial charge in [0.1, 0.15) is 0 Å². The molecule has 2 aromatic carbocycles. The average Bonchev–Trinajstić information content (AvgIpc) is 2.84. The minimum absolute atomic E-state index is 0.0673. The number of amides is 2. The molecule has 2 heterocycles. The molecule has 1 spiro atoms. The van der Waals surface area contributed by atoms with Gasteiger partial charge in [-0.1, -0.05) is 42.5 Å². The van der Waals surface area contributed by atoms with E-state index in [-0.39, 0.29) is 17.9 Å². The molecule has 0 saturated carbocycles. The number of hydrogen-bond donors (Lipinski definition) is 0. The van der Waals surface area contributed by atoms with Crippen LogP contribution < -0.4 is 0 Å². The summed E-state index contributed by atoms with van der Waals surface area (Å²) < 4.78 is 0. The molecule has 4 heteroatoms. The van der Waals surface area contributed by atoms with Crippen molar-refractivity contribution in [1.29, 1.82) is 0 Å². The Morgan fingerprint density at radius 3 is 2.18 bits per heavy atom. The summed E-state index contributed by atoms with van der Waals surface area (Å²) in [5.41, 5.74) is 2.86. The van der Waals surface area contributed by atoms with Gasteiger partial charge in [-0.15, -0.1) is 0 Å². The number of carbonyl (C=O) groups excluding carboxylic acids is 2. The van der Waals surface area contributed by atoms with E-state index in [1.165, 1.54) is 11.1 Å². The molecular weight excluding hydrogens is 348 g/mol. The van der Waals surface area contributed by atoms with Crippen LogP contribution in [0.5, 0.6) is 0 Å². The Morgan fingerprint density at radius 2 is 1.54 bits per heavy atom. The Bertz CT molecular complexity index is 867. The Balaban J connectivity index is 1.59. The van der Waals surface area contributed by atoms with Crippen LogP contribution in [-0.2, 0) is 17.8 Å². The zero-order valence-corrected chi connectivity index (χ0v) is 16.7. The quantitative estimate of drug-likeness (QED) is 0.797. The first-order chi connectivity index (χ1) is 13.5. The number of carbonyl (C=O) groups is 2. The number of nitrogens with zero attached hydrogens (tertiary/aromatic N) is 2. The van der Waals surface area contributed by atoms with Crippen LogP contribution in [0.25, 0.3) is 0 Å². The molecule has 0 aliphatic carbocycles. The van der Waals surface area contributed by atoms with E-state index >= 15 is 0 Å². The Morgan fingerprint density at radius 1 is 0.929 bits per heavy atom. The molecule has 1 saturated heterocycles. The molecule has 4 rings (SSSR count).